The van der Waals surface area contributed by atoms with Gasteiger partial charge in [-0.2, -0.15) is 0 Å². The van der Waals surface area contributed by atoms with Gasteiger partial charge in [-0.05, 0) is 83.5 Å². The first kappa shape index (κ1) is 57.3. The first-order chi connectivity index (χ1) is 30.5. The normalized spacial score (nSPS) is 13.4. The molecular weight excluding hydrogens is 769 g/mol. The fourth-order valence-electron chi connectivity index (χ4n) is 5.81. The van der Waals surface area contributed by atoms with Gasteiger partial charge in [0.1, 0.15) is 13.2 Å². The molecule has 0 N–H and O–H groups in total. The lowest BCUT2D eigenvalue weighted by molar-refractivity contribution is -0.167. The van der Waals surface area contributed by atoms with Crippen molar-refractivity contribution in [2.45, 2.75) is 175 Å². The summed E-state index contributed by atoms with van der Waals surface area (Å²) in [5.41, 5.74) is 0. The first-order valence-electron chi connectivity index (χ1n) is 24.0. The lowest BCUT2D eigenvalue weighted by Crippen LogP contribution is -2.30. The number of allylic oxidation sites excluding steroid dienone is 24. The standard InChI is InChI=1S/C56H84O6/c1-4-7-10-13-16-19-22-25-27-28-29-32-34-37-40-43-46-49-55(58)61-52-53(51-60-54(57)48-45-42-39-36-33-30-24-21-18-15-12-9-6-3)62-56(59)50-47-44-41-38-35-31-26-23-20-17-14-11-8-5-2/h7-13,15-22,24-25,27-30,32-34,53H,4-6,14,23,26,31,35-52H2,1-3H3/b10-7+,11-8+,12-9+,16-13+,18-15+,20-17+,22-19+,24-21+,27-25+,29-28+,33-30+,34-32+. The summed E-state index contributed by atoms with van der Waals surface area (Å²) in [5, 5.41) is 0. The van der Waals surface area contributed by atoms with Crippen LogP contribution in [0.15, 0.2) is 146 Å². The van der Waals surface area contributed by atoms with E-state index in [4.69, 9.17) is 14.2 Å². The molecule has 0 saturated heterocycles. The molecule has 0 aromatic rings. The van der Waals surface area contributed by atoms with Gasteiger partial charge in [0.25, 0.3) is 0 Å². The topological polar surface area (TPSA) is 78.9 Å². The average molecular weight is 853 g/mol. The molecule has 6 heteroatoms. The summed E-state index contributed by atoms with van der Waals surface area (Å²) in [6.45, 7) is 6.13. The number of esters is 3. The Morgan fingerprint density at radius 1 is 0.339 bits per heavy atom. The summed E-state index contributed by atoms with van der Waals surface area (Å²) in [7, 11) is 0. The third-order valence-electron chi connectivity index (χ3n) is 9.33. The van der Waals surface area contributed by atoms with E-state index in [1.165, 1.54) is 19.3 Å². The highest BCUT2D eigenvalue weighted by atomic mass is 16.6. The minimum atomic E-state index is -0.823. The Hall–Kier alpha value is -4.71. The third-order valence-corrected chi connectivity index (χ3v) is 9.33. The summed E-state index contributed by atoms with van der Waals surface area (Å²) in [4.78, 5) is 37.9. The smallest absolute Gasteiger partial charge is 0.306 e. The number of carbonyl (C=O) groups excluding carboxylic acids is 3. The van der Waals surface area contributed by atoms with E-state index in [1.54, 1.807) is 0 Å². The molecule has 6 nitrogen and oxygen atoms in total. The van der Waals surface area contributed by atoms with E-state index in [1.807, 2.05) is 97.2 Å². The van der Waals surface area contributed by atoms with Crippen molar-refractivity contribution in [2.75, 3.05) is 13.2 Å². The van der Waals surface area contributed by atoms with Crippen molar-refractivity contribution in [1.29, 1.82) is 0 Å². The zero-order chi connectivity index (χ0) is 45.1. The van der Waals surface area contributed by atoms with E-state index in [0.29, 0.717) is 25.7 Å². The molecule has 0 spiro atoms. The Morgan fingerprint density at radius 2 is 0.661 bits per heavy atom. The molecule has 0 aliphatic heterocycles. The van der Waals surface area contributed by atoms with Crippen LogP contribution in [0.2, 0.25) is 0 Å². The predicted octanol–water partition coefficient (Wildman–Crippen LogP) is 15.7. The molecule has 0 bridgehead atoms. The van der Waals surface area contributed by atoms with Crippen LogP contribution < -0.4 is 0 Å². The molecule has 1 atom stereocenters. The SMILES string of the molecule is CC/C=C/C=C/C=C/C=C/C=C/C=C/CCCCCC(=O)OCC(COC(=O)CCCCC/C=C/C=C/C=C/C=C/CC)OC(=O)CCCCCCCCC/C=C/C/C=C/CC. The maximum absolute atomic E-state index is 12.8. The fourth-order valence-corrected chi connectivity index (χ4v) is 5.81. The summed E-state index contributed by atoms with van der Waals surface area (Å²) in [6.07, 6.45) is 69.7. The summed E-state index contributed by atoms with van der Waals surface area (Å²) in [5.74, 6) is -1.03. The molecule has 344 valence electrons. The van der Waals surface area contributed by atoms with Gasteiger partial charge in [0.2, 0.25) is 0 Å². The zero-order valence-corrected chi connectivity index (χ0v) is 39.1. The van der Waals surface area contributed by atoms with Crippen LogP contribution in [-0.2, 0) is 28.6 Å². The second-order valence-corrected chi connectivity index (χ2v) is 15.1. The minimum absolute atomic E-state index is 0.123. The average Bonchev–Trinajstić information content (AvgIpc) is 3.27. The molecule has 0 radical (unpaired) electrons. The Labute approximate surface area is 378 Å². The van der Waals surface area contributed by atoms with Crippen LogP contribution in [0.5, 0.6) is 0 Å². The van der Waals surface area contributed by atoms with Gasteiger partial charge in [0, 0.05) is 19.3 Å². The Bertz CT molecular complexity index is 1440. The van der Waals surface area contributed by atoms with Crippen molar-refractivity contribution in [3.05, 3.63) is 146 Å². The van der Waals surface area contributed by atoms with Crippen molar-refractivity contribution in [3.8, 4) is 0 Å². The Balaban J connectivity index is 4.59. The van der Waals surface area contributed by atoms with Gasteiger partial charge in [-0.15, -0.1) is 0 Å². The van der Waals surface area contributed by atoms with Crippen molar-refractivity contribution < 1.29 is 28.6 Å². The molecule has 0 rings (SSSR count). The molecule has 0 fully saturated rings. The van der Waals surface area contributed by atoms with Gasteiger partial charge in [-0.25, -0.2) is 0 Å². The quantitative estimate of drug-likeness (QED) is 0.0201. The maximum Gasteiger partial charge on any atom is 0.306 e. The van der Waals surface area contributed by atoms with Crippen LogP contribution in [0.4, 0.5) is 0 Å². The van der Waals surface area contributed by atoms with Crippen molar-refractivity contribution >= 4 is 17.9 Å². The molecule has 1 unspecified atom stereocenters. The van der Waals surface area contributed by atoms with E-state index < -0.39 is 6.10 Å². The number of hydrogen-bond donors (Lipinski definition) is 0. The molecule has 0 aromatic heterocycles. The highest BCUT2D eigenvalue weighted by Gasteiger charge is 2.19. The molecule has 0 heterocycles. The van der Waals surface area contributed by atoms with Crippen LogP contribution in [0.25, 0.3) is 0 Å². The second kappa shape index (κ2) is 49.0. The molecule has 0 aliphatic rings. The van der Waals surface area contributed by atoms with Crippen LogP contribution in [0.3, 0.4) is 0 Å². The Kier molecular flexibility index (Phi) is 45.2. The molecule has 62 heavy (non-hydrogen) atoms. The number of rotatable bonds is 40. The number of unbranched alkanes of at least 4 members (excludes halogenated alkanes) is 13. The first-order valence-corrected chi connectivity index (χ1v) is 24.0. The number of carbonyl (C=O) groups is 3. The van der Waals surface area contributed by atoms with E-state index in [9.17, 15) is 14.4 Å². The Morgan fingerprint density at radius 3 is 1.10 bits per heavy atom. The molecular formula is C56H84O6. The van der Waals surface area contributed by atoms with Gasteiger partial charge in [0.05, 0.1) is 0 Å². The monoisotopic (exact) mass is 853 g/mol. The zero-order valence-electron chi connectivity index (χ0n) is 39.1. The third kappa shape index (κ3) is 46.4. The summed E-state index contributed by atoms with van der Waals surface area (Å²) >= 11 is 0. The van der Waals surface area contributed by atoms with E-state index in [-0.39, 0.29) is 31.1 Å². The number of ether oxygens (including phenoxy) is 3. The van der Waals surface area contributed by atoms with E-state index >= 15 is 0 Å². The lowest BCUT2D eigenvalue weighted by Gasteiger charge is -2.18. The van der Waals surface area contributed by atoms with Gasteiger partial charge in [-0.3, -0.25) is 14.4 Å². The maximum atomic E-state index is 12.8. The molecule has 0 saturated carbocycles. The van der Waals surface area contributed by atoms with Crippen LogP contribution in [0.1, 0.15) is 168 Å². The van der Waals surface area contributed by atoms with Crippen molar-refractivity contribution in [3.63, 3.8) is 0 Å². The predicted molar refractivity (Wildman–Crippen MR) is 265 cm³/mol. The summed E-state index contributed by atoms with van der Waals surface area (Å²) in [6, 6.07) is 0. The summed E-state index contributed by atoms with van der Waals surface area (Å²) < 4.78 is 16.7. The molecule has 0 aromatic carbocycles. The van der Waals surface area contributed by atoms with Gasteiger partial charge >= 0.3 is 17.9 Å². The highest BCUT2D eigenvalue weighted by molar-refractivity contribution is 5.71. The van der Waals surface area contributed by atoms with E-state index in [0.717, 1.165) is 103 Å². The lowest BCUT2D eigenvalue weighted by atomic mass is 10.1. The van der Waals surface area contributed by atoms with Gasteiger partial charge < -0.3 is 14.2 Å². The number of hydrogen-bond acceptors (Lipinski definition) is 6. The largest absolute Gasteiger partial charge is 0.462 e. The molecule has 0 aliphatic carbocycles. The van der Waals surface area contributed by atoms with Crippen molar-refractivity contribution in [2.24, 2.45) is 0 Å². The van der Waals surface area contributed by atoms with Crippen molar-refractivity contribution in [1.82, 2.24) is 0 Å². The van der Waals surface area contributed by atoms with E-state index in [2.05, 4.69) is 69.4 Å². The van der Waals surface area contributed by atoms with Crippen LogP contribution in [0, 0.1) is 0 Å². The van der Waals surface area contributed by atoms with Gasteiger partial charge in [0.15, 0.2) is 6.10 Å². The second-order valence-electron chi connectivity index (χ2n) is 15.1. The van der Waals surface area contributed by atoms with Gasteiger partial charge in [-0.1, -0.05) is 212 Å². The van der Waals surface area contributed by atoms with Crippen LogP contribution >= 0.6 is 0 Å². The molecule has 0 amide bonds. The minimum Gasteiger partial charge on any atom is -0.462 e. The fraction of sp³-hybridized carbons (Fsp3) is 0.518. The highest BCUT2D eigenvalue weighted by Crippen LogP contribution is 2.13. The van der Waals surface area contributed by atoms with Crippen LogP contribution in [-0.4, -0.2) is 37.2 Å².